The number of aromatic nitrogens is 3. The average molecular weight is 204 g/mol. The smallest absolute Gasteiger partial charge is 0.177 e. The molecule has 0 atom stereocenters. The number of imidazole rings is 1. The molecule has 0 saturated heterocycles. The van der Waals surface area contributed by atoms with E-state index in [4.69, 9.17) is 0 Å². The molecule has 2 heterocycles. The molecular weight excluding hydrogens is 188 g/mol. The molecule has 0 aromatic carbocycles. The predicted molar refractivity (Wildman–Crippen MR) is 61.2 cm³/mol. The summed E-state index contributed by atoms with van der Waals surface area (Å²) in [7, 11) is 1.89. The van der Waals surface area contributed by atoms with Gasteiger partial charge in [-0.1, -0.05) is 20.8 Å². The molecule has 0 aliphatic rings. The Morgan fingerprint density at radius 1 is 1.33 bits per heavy atom. The van der Waals surface area contributed by atoms with Gasteiger partial charge in [0.25, 0.3) is 0 Å². The second kappa shape index (κ2) is 3.22. The highest BCUT2D eigenvalue weighted by Gasteiger charge is 2.20. The van der Waals surface area contributed by atoms with E-state index in [1.165, 1.54) is 0 Å². The zero-order chi connectivity index (χ0) is 11.1. The highest BCUT2D eigenvalue weighted by Crippen LogP contribution is 2.24. The van der Waals surface area contributed by atoms with Gasteiger partial charge in [0, 0.05) is 12.5 Å². The first-order valence-corrected chi connectivity index (χ1v) is 5.05. The molecule has 2 aromatic rings. The van der Waals surface area contributed by atoms with Crippen molar-refractivity contribution >= 4 is 11.3 Å². The Morgan fingerprint density at radius 2 is 2.07 bits per heavy atom. The van der Waals surface area contributed by atoms with E-state index in [9.17, 15) is 0 Å². The number of hydrogen-bond donors (Lipinski definition) is 1. The lowest BCUT2D eigenvalue weighted by Crippen LogP contribution is -2.15. The molecule has 0 aliphatic heterocycles. The number of anilines is 1. The number of nitrogens with one attached hydrogen (secondary N) is 1. The molecule has 2 aromatic heterocycles. The van der Waals surface area contributed by atoms with E-state index in [2.05, 4.69) is 36.2 Å². The van der Waals surface area contributed by atoms with Crippen molar-refractivity contribution in [2.24, 2.45) is 0 Å². The van der Waals surface area contributed by atoms with Gasteiger partial charge in [0.1, 0.15) is 0 Å². The molecule has 4 nitrogen and oxygen atoms in total. The largest absolute Gasteiger partial charge is 0.385 e. The molecule has 0 saturated carbocycles. The van der Waals surface area contributed by atoms with Crippen molar-refractivity contribution in [2.45, 2.75) is 26.2 Å². The minimum Gasteiger partial charge on any atom is -0.385 e. The summed E-state index contributed by atoms with van der Waals surface area (Å²) >= 11 is 0. The minimum absolute atomic E-state index is 0.0543. The summed E-state index contributed by atoms with van der Waals surface area (Å²) in [4.78, 5) is 4.39. The van der Waals surface area contributed by atoms with Crippen LogP contribution in [0.3, 0.4) is 0 Å². The molecule has 0 spiro atoms. The second-order valence-electron chi connectivity index (χ2n) is 4.62. The summed E-state index contributed by atoms with van der Waals surface area (Å²) in [5.41, 5.74) is 3.05. The average Bonchev–Trinajstić information content (AvgIpc) is 2.59. The molecule has 0 aliphatic carbocycles. The first-order chi connectivity index (χ1) is 7.04. The monoisotopic (exact) mass is 204 g/mol. The van der Waals surface area contributed by atoms with Crippen LogP contribution >= 0.6 is 0 Å². The molecule has 0 radical (unpaired) electrons. The molecule has 0 amide bonds. The van der Waals surface area contributed by atoms with Gasteiger partial charge < -0.3 is 5.32 Å². The predicted octanol–water partition coefficient (Wildman–Crippen LogP) is 2.07. The Bertz CT molecular complexity index is 479. The van der Waals surface area contributed by atoms with Gasteiger partial charge in [-0.05, 0) is 6.07 Å². The standard InChI is InChI=1S/C11H16N4/c1-11(2,3)9-7-13-10-8(12-4)5-6-14-15(9)10/h5-7,12H,1-4H3. The lowest BCUT2D eigenvalue weighted by atomic mass is 9.93. The fourth-order valence-electron chi connectivity index (χ4n) is 1.60. The van der Waals surface area contributed by atoms with Crippen molar-refractivity contribution in [1.82, 2.24) is 14.6 Å². The van der Waals surface area contributed by atoms with E-state index < -0.39 is 0 Å². The summed E-state index contributed by atoms with van der Waals surface area (Å²) in [5.74, 6) is 0. The fraction of sp³-hybridized carbons (Fsp3) is 0.455. The highest BCUT2D eigenvalue weighted by atomic mass is 15.3. The van der Waals surface area contributed by atoms with Gasteiger partial charge in [-0.15, -0.1) is 0 Å². The normalized spacial score (nSPS) is 12.0. The van der Waals surface area contributed by atoms with Crippen LogP contribution in [0.5, 0.6) is 0 Å². The van der Waals surface area contributed by atoms with Crippen molar-refractivity contribution in [2.75, 3.05) is 12.4 Å². The van der Waals surface area contributed by atoms with Crippen LogP contribution in [0.25, 0.3) is 5.65 Å². The van der Waals surface area contributed by atoms with Crippen LogP contribution < -0.4 is 5.32 Å². The van der Waals surface area contributed by atoms with E-state index in [0.717, 1.165) is 17.0 Å². The molecular formula is C11H16N4. The summed E-state index contributed by atoms with van der Waals surface area (Å²) in [6.07, 6.45) is 3.68. The topological polar surface area (TPSA) is 42.2 Å². The van der Waals surface area contributed by atoms with Gasteiger partial charge in [-0.3, -0.25) is 0 Å². The third kappa shape index (κ3) is 1.56. The second-order valence-corrected chi connectivity index (χ2v) is 4.62. The molecule has 0 fully saturated rings. The van der Waals surface area contributed by atoms with Crippen LogP contribution in [0.15, 0.2) is 18.5 Å². The van der Waals surface area contributed by atoms with Crippen molar-refractivity contribution in [3.05, 3.63) is 24.2 Å². The Labute approximate surface area is 89.3 Å². The maximum atomic E-state index is 4.39. The SMILES string of the molecule is CNc1ccnn2c(C(C)(C)C)cnc12. The van der Waals surface area contributed by atoms with Crippen molar-refractivity contribution in [3.8, 4) is 0 Å². The highest BCUT2D eigenvalue weighted by molar-refractivity contribution is 5.66. The van der Waals surface area contributed by atoms with E-state index in [-0.39, 0.29) is 5.41 Å². The molecule has 15 heavy (non-hydrogen) atoms. The van der Waals surface area contributed by atoms with Gasteiger partial charge in [0.05, 0.1) is 23.8 Å². The van der Waals surface area contributed by atoms with E-state index in [0.29, 0.717) is 0 Å². The maximum absolute atomic E-state index is 4.39. The van der Waals surface area contributed by atoms with Gasteiger partial charge in [0.15, 0.2) is 5.65 Å². The molecule has 4 heteroatoms. The van der Waals surface area contributed by atoms with Gasteiger partial charge >= 0.3 is 0 Å². The Kier molecular flexibility index (Phi) is 2.14. The zero-order valence-electron chi connectivity index (χ0n) is 9.57. The number of nitrogens with zero attached hydrogens (tertiary/aromatic N) is 3. The van der Waals surface area contributed by atoms with Crippen molar-refractivity contribution < 1.29 is 0 Å². The van der Waals surface area contributed by atoms with Crippen LogP contribution in [0, 0.1) is 0 Å². The first kappa shape index (κ1) is 9.96. The van der Waals surface area contributed by atoms with Gasteiger partial charge in [-0.2, -0.15) is 5.10 Å². The molecule has 80 valence electrons. The van der Waals surface area contributed by atoms with Crippen molar-refractivity contribution in [3.63, 3.8) is 0 Å². The number of rotatable bonds is 1. The third-order valence-corrected chi connectivity index (χ3v) is 2.44. The van der Waals surface area contributed by atoms with Crippen LogP contribution in [-0.2, 0) is 5.41 Å². The maximum Gasteiger partial charge on any atom is 0.177 e. The number of hydrogen-bond acceptors (Lipinski definition) is 3. The molecule has 2 rings (SSSR count). The van der Waals surface area contributed by atoms with Crippen LogP contribution in [-0.4, -0.2) is 21.6 Å². The van der Waals surface area contributed by atoms with Crippen LogP contribution in [0.1, 0.15) is 26.5 Å². The Hall–Kier alpha value is -1.58. The molecule has 0 unspecified atom stereocenters. The number of fused-ring (bicyclic) bond motifs is 1. The lowest BCUT2D eigenvalue weighted by Gasteiger charge is -2.16. The quantitative estimate of drug-likeness (QED) is 0.773. The van der Waals surface area contributed by atoms with Gasteiger partial charge in [0.2, 0.25) is 0 Å². The van der Waals surface area contributed by atoms with Crippen LogP contribution in [0.4, 0.5) is 5.69 Å². The van der Waals surface area contributed by atoms with Crippen LogP contribution in [0.2, 0.25) is 0 Å². The summed E-state index contributed by atoms with van der Waals surface area (Å²) in [6.45, 7) is 6.47. The summed E-state index contributed by atoms with van der Waals surface area (Å²) in [6, 6.07) is 1.93. The van der Waals surface area contributed by atoms with E-state index in [1.807, 2.05) is 23.8 Å². The summed E-state index contributed by atoms with van der Waals surface area (Å²) < 4.78 is 1.89. The van der Waals surface area contributed by atoms with E-state index in [1.54, 1.807) is 6.20 Å². The zero-order valence-corrected chi connectivity index (χ0v) is 9.57. The summed E-state index contributed by atoms with van der Waals surface area (Å²) in [5, 5.41) is 7.44. The Balaban J connectivity index is 2.72. The third-order valence-electron chi connectivity index (χ3n) is 2.44. The van der Waals surface area contributed by atoms with Gasteiger partial charge in [-0.25, -0.2) is 9.50 Å². The fourth-order valence-corrected chi connectivity index (χ4v) is 1.60. The van der Waals surface area contributed by atoms with E-state index >= 15 is 0 Å². The Morgan fingerprint density at radius 3 is 2.67 bits per heavy atom. The molecule has 1 N–H and O–H groups in total. The molecule has 0 bridgehead atoms. The lowest BCUT2D eigenvalue weighted by molar-refractivity contribution is 0.551. The van der Waals surface area contributed by atoms with Crippen molar-refractivity contribution in [1.29, 1.82) is 0 Å². The first-order valence-electron chi connectivity index (χ1n) is 5.05. The minimum atomic E-state index is 0.0543.